The Balaban J connectivity index is 1.59. The molecule has 0 fully saturated rings. The van der Waals surface area contributed by atoms with Gasteiger partial charge in [0.25, 0.3) is 0 Å². The lowest BCUT2D eigenvalue weighted by atomic mass is 10.2. The molecule has 1 unspecified atom stereocenters. The summed E-state index contributed by atoms with van der Waals surface area (Å²) in [5.41, 5.74) is 0. The highest BCUT2D eigenvalue weighted by atomic mass is 16.3. The molecule has 0 saturated carbocycles. The van der Waals surface area contributed by atoms with Crippen molar-refractivity contribution in [2.24, 2.45) is 0 Å². The first-order valence-electron chi connectivity index (χ1n) is 7.53. The summed E-state index contributed by atoms with van der Waals surface area (Å²) in [4.78, 5) is 13.9. The van der Waals surface area contributed by atoms with Crippen LogP contribution in [0.25, 0.3) is 0 Å². The smallest absolute Gasteiger partial charge is 0.318 e. The Labute approximate surface area is 129 Å². The number of rotatable bonds is 4. The lowest BCUT2D eigenvalue weighted by Crippen LogP contribution is -2.38. The summed E-state index contributed by atoms with van der Waals surface area (Å²) in [6.07, 6.45) is 2.07. The van der Waals surface area contributed by atoms with Crippen LogP contribution < -0.4 is 5.32 Å². The summed E-state index contributed by atoms with van der Waals surface area (Å²) in [6, 6.07) is 3.44. The average molecular weight is 303 g/mol. The van der Waals surface area contributed by atoms with E-state index in [0.717, 1.165) is 42.6 Å². The quantitative estimate of drug-likeness (QED) is 0.937. The van der Waals surface area contributed by atoms with Gasteiger partial charge in [0.1, 0.15) is 17.3 Å². The molecular formula is C15H21N5O2. The van der Waals surface area contributed by atoms with Crippen LogP contribution in [-0.2, 0) is 19.5 Å². The first-order chi connectivity index (χ1) is 10.5. The van der Waals surface area contributed by atoms with E-state index in [1.54, 1.807) is 11.9 Å². The number of nitrogens with one attached hydrogen (secondary N) is 1. The number of hydrogen-bond donors (Lipinski definition) is 1. The summed E-state index contributed by atoms with van der Waals surface area (Å²) in [7, 11) is 1.76. The van der Waals surface area contributed by atoms with Gasteiger partial charge >= 0.3 is 6.03 Å². The first-order valence-corrected chi connectivity index (χ1v) is 7.53. The minimum absolute atomic E-state index is 0.156. The third-order valence-corrected chi connectivity index (χ3v) is 3.94. The monoisotopic (exact) mass is 303 g/mol. The standard InChI is InChI=1S/C15H21N5O2/c1-10-6-7-12(22-10)11(2)16-15(21)19(3)9-14-18-17-13-5-4-8-20(13)14/h6-7,11H,4-5,8-9H2,1-3H3,(H,16,21). The van der Waals surface area contributed by atoms with Crippen molar-refractivity contribution >= 4 is 6.03 Å². The van der Waals surface area contributed by atoms with Gasteiger partial charge < -0.3 is 19.2 Å². The SMILES string of the molecule is Cc1ccc(C(C)NC(=O)N(C)Cc2nnc3n2CCC3)o1. The second-order valence-corrected chi connectivity index (χ2v) is 5.76. The summed E-state index contributed by atoms with van der Waals surface area (Å²) in [6.45, 7) is 5.17. The Hall–Kier alpha value is -2.31. The van der Waals surface area contributed by atoms with E-state index in [-0.39, 0.29) is 12.1 Å². The van der Waals surface area contributed by atoms with Gasteiger partial charge in [0.05, 0.1) is 12.6 Å². The van der Waals surface area contributed by atoms with E-state index in [1.165, 1.54) is 0 Å². The van der Waals surface area contributed by atoms with Crippen LogP contribution in [0.4, 0.5) is 4.79 Å². The molecule has 118 valence electrons. The Kier molecular flexibility index (Phi) is 3.87. The number of carbonyl (C=O) groups is 1. The molecule has 2 aromatic rings. The molecule has 22 heavy (non-hydrogen) atoms. The van der Waals surface area contributed by atoms with Crippen LogP contribution in [0.5, 0.6) is 0 Å². The van der Waals surface area contributed by atoms with Crippen molar-refractivity contribution in [3.05, 3.63) is 35.3 Å². The topological polar surface area (TPSA) is 76.2 Å². The van der Waals surface area contributed by atoms with Crippen LogP contribution in [0.3, 0.4) is 0 Å². The fourth-order valence-electron chi connectivity index (χ4n) is 2.66. The summed E-state index contributed by atoms with van der Waals surface area (Å²) in [5, 5.41) is 11.3. The number of aromatic nitrogens is 3. The zero-order valence-corrected chi connectivity index (χ0v) is 13.2. The van der Waals surface area contributed by atoms with Crippen molar-refractivity contribution in [2.45, 2.75) is 45.8 Å². The second-order valence-electron chi connectivity index (χ2n) is 5.76. The van der Waals surface area contributed by atoms with E-state index in [2.05, 4.69) is 20.1 Å². The maximum atomic E-state index is 12.3. The number of amides is 2. The van der Waals surface area contributed by atoms with Crippen LogP contribution in [0.15, 0.2) is 16.5 Å². The zero-order chi connectivity index (χ0) is 15.7. The number of carbonyl (C=O) groups excluding carboxylic acids is 1. The van der Waals surface area contributed by atoms with Crippen molar-refractivity contribution in [2.75, 3.05) is 7.05 Å². The van der Waals surface area contributed by atoms with Crippen molar-refractivity contribution < 1.29 is 9.21 Å². The van der Waals surface area contributed by atoms with Crippen LogP contribution >= 0.6 is 0 Å². The predicted octanol–water partition coefficient (Wildman–Crippen LogP) is 2.03. The van der Waals surface area contributed by atoms with E-state index in [4.69, 9.17) is 4.42 Å². The molecule has 0 spiro atoms. The Morgan fingerprint density at radius 3 is 3.05 bits per heavy atom. The summed E-state index contributed by atoms with van der Waals surface area (Å²) >= 11 is 0. The van der Waals surface area contributed by atoms with E-state index in [9.17, 15) is 4.79 Å². The maximum absolute atomic E-state index is 12.3. The number of hydrogen-bond acceptors (Lipinski definition) is 4. The molecule has 2 amide bonds. The van der Waals surface area contributed by atoms with Crippen molar-refractivity contribution in [1.29, 1.82) is 0 Å². The van der Waals surface area contributed by atoms with Gasteiger partial charge in [-0.15, -0.1) is 10.2 Å². The van der Waals surface area contributed by atoms with Crippen LogP contribution in [-0.4, -0.2) is 32.7 Å². The molecule has 0 bridgehead atoms. The molecule has 0 saturated heterocycles. The van der Waals surface area contributed by atoms with Gasteiger partial charge in [0.15, 0.2) is 5.82 Å². The van der Waals surface area contributed by atoms with Crippen molar-refractivity contribution in [3.8, 4) is 0 Å². The molecule has 7 nitrogen and oxygen atoms in total. The molecule has 0 aromatic carbocycles. The third kappa shape index (κ3) is 2.84. The molecule has 3 heterocycles. The number of urea groups is 1. The molecule has 0 radical (unpaired) electrons. The van der Waals surface area contributed by atoms with Gasteiger partial charge in [-0.2, -0.15) is 0 Å². The molecule has 3 rings (SSSR count). The fraction of sp³-hybridized carbons (Fsp3) is 0.533. The van der Waals surface area contributed by atoms with Gasteiger partial charge in [-0.1, -0.05) is 0 Å². The zero-order valence-electron chi connectivity index (χ0n) is 13.2. The van der Waals surface area contributed by atoms with Crippen LogP contribution in [0, 0.1) is 6.92 Å². The number of fused-ring (bicyclic) bond motifs is 1. The minimum atomic E-state index is -0.173. The highest BCUT2D eigenvalue weighted by Crippen LogP contribution is 2.17. The fourth-order valence-corrected chi connectivity index (χ4v) is 2.66. The predicted molar refractivity (Wildman–Crippen MR) is 80.2 cm³/mol. The molecule has 1 aliphatic heterocycles. The lowest BCUT2D eigenvalue weighted by molar-refractivity contribution is 0.200. The van der Waals surface area contributed by atoms with E-state index in [1.807, 2.05) is 26.0 Å². The summed E-state index contributed by atoms with van der Waals surface area (Å²) < 4.78 is 7.63. The molecule has 0 aliphatic carbocycles. The van der Waals surface area contributed by atoms with Gasteiger partial charge in [-0.3, -0.25) is 0 Å². The average Bonchev–Trinajstić information content (AvgIpc) is 3.17. The van der Waals surface area contributed by atoms with Crippen molar-refractivity contribution in [3.63, 3.8) is 0 Å². The number of nitrogens with zero attached hydrogens (tertiary/aromatic N) is 4. The van der Waals surface area contributed by atoms with E-state index < -0.39 is 0 Å². The molecule has 1 N–H and O–H groups in total. The van der Waals surface area contributed by atoms with Crippen LogP contribution in [0.1, 0.15) is 42.6 Å². The highest BCUT2D eigenvalue weighted by Gasteiger charge is 2.21. The number of aryl methyl sites for hydroxylation is 2. The summed E-state index contributed by atoms with van der Waals surface area (Å²) in [5.74, 6) is 3.45. The molecule has 1 atom stereocenters. The Morgan fingerprint density at radius 1 is 1.50 bits per heavy atom. The maximum Gasteiger partial charge on any atom is 0.318 e. The second kappa shape index (κ2) is 5.82. The minimum Gasteiger partial charge on any atom is -0.464 e. The first kappa shape index (κ1) is 14.6. The van der Waals surface area contributed by atoms with Gasteiger partial charge in [-0.25, -0.2) is 4.79 Å². The van der Waals surface area contributed by atoms with E-state index in [0.29, 0.717) is 6.54 Å². The van der Waals surface area contributed by atoms with Gasteiger partial charge in [-0.05, 0) is 32.4 Å². The highest BCUT2D eigenvalue weighted by molar-refractivity contribution is 5.74. The van der Waals surface area contributed by atoms with Gasteiger partial charge in [0, 0.05) is 20.0 Å². The molecule has 2 aromatic heterocycles. The van der Waals surface area contributed by atoms with Gasteiger partial charge in [0.2, 0.25) is 0 Å². The Morgan fingerprint density at radius 2 is 2.32 bits per heavy atom. The molecule has 1 aliphatic rings. The molecular weight excluding hydrogens is 282 g/mol. The number of furan rings is 1. The lowest BCUT2D eigenvalue weighted by Gasteiger charge is -2.20. The largest absolute Gasteiger partial charge is 0.464 e. The molecule has 7 heteroatoms. The van der Waals surface area contributed by atoms with E-state index >= 15 is 0 Å². The normalized spacial score (nSPS) is 14.7. The van der Waals surface area contributed by atoms with Crippen LogP contribution in [0.2, 0.25) is 0 Å². The Bertz CT molecular complexity index is 675. The third-order valence-electron chi connectivity index (χ3n) is 3.94. The van der Waals surface area contributed by atoms with Crippen molar-refractivity contribution in [1.82, 2.24) is 25.0 Å².